The van der Waals surface area contributed by atoms with Gasteiger partial charge in [0.1, 0.15) is 0 Å². The zero-order chi connectivity index (χ0) is 15.7. The summed E-state index contributed by atoms with van der Waals surface area (Å²) in [6, 6.07) is -0.169. The number of hydrogen-bond donors (Lipinski definition) is 3. The van der Waals surface area contributed by atoms with Crippen molar-refractivity contribution in [2.75, 3.05) is 13.1 Å². The van der Waals surface area contributed by atoms with Crippen LogP contribution >= 0.6 is 0 Å². The van der Waals surface area contributed by atoms with E-state index in [-0.39, 0.29) is 17.9 Å². The van der Waals surface area contributed by atoms with E-state index < -0.39 is 5.97 Å². The summed E-state index contributed by atoms with van der Waals surface area (Å²) in [6.45, 7) is 5.40. The molecule has 2 amide bonds. The van der Waals surface area contributed by atoms with Crippen LogP contribution in [0.25, 0.3) is 0 Å². The summed E-state index contributed by atoms with van der Waals surface area (Å²) in [5, 5.41) is 14.9. The molecule has 122 valence electrons. The molecule has 0 aliphatic heterocycles. The molecule has 3 N–H and O–H groups in total. The molecule has 1 aliphatic carbocycles. The minimum absolute atomic E-state index is 0.153. The zero-order valence-corrected chi connectivity index (χ0v) is 13.4. The summed E-state index contributed by atoms with van der Waals surface area (Å²) in [7, 11) is 0. The molecule has 1 fully saturated rings. The Morgan fingerprint density at radius 3 is 2.24 bits per heavy atom. The Balaban J connectivity index is 2.41. The van der Waals surface area contributed by atoms with E-state index in [4.69, 9.17) is 5.11 Å². The quantitative estimate of drug-likeness (QED) is 0.644. The second-order valence-electron chi connectivity index (χ2n) is 6.38. The number of rotatable bonds is 8. The van der Waals surface area contributed by atoms with Crippen LogP contribution in [0.1, 0.15) is 65.2 Å². The summed E-state index contributed by atoms with van der Waals surface area (Å²) in [4.78, 5) is 23.0. The Morgan fingerprint density at radius 1 is 1.10 bits per heavy atom. The maximum absolute atomic E-state index is 11.9. The Morgan fingerprint density at radius 2 is 1.71 bits per heavy atom. The molecule has 21 heavy (non-hydrogen) atoms. The molecule has 0 radical (unpaired) electrons. The van der Waals surface area contributed by atoms with Gasteiger partial charge in [-0.3, -0.25) is 4.79 Å². The molecule has 0 saturated heterocycles. The van der Waals surface area contributed by atoms with Crippen molar-refractivity contribution in [2.24, 2.45) is 11.3 Å². The van der Waals surface area contributed by atoms with Crippen LogP contribution < -0.4 is 10.6 Å². The molecule has 1 rings (SSSR count). The predicted octanol–water partition coefficient (Wildman–Crippen LogP) is 3.15. The lowest BCUT2D eigenvalue weighted by Crippen LogP contribution is -2.45. The number of aliphatic carboxylic acids is 1. The molecule has 1 saturated carbocycles. The van der Waals surface area contributed by atoms with Gasteiger partial charge in [-0.25, -0.2) is 4.79 Å². The first-order valence-corrected chi connectivity index (χ1v) is 8.25. The van der Waals surface area contributed by atoms with Gasteiger partial charge in [0.25, 0.3) is 0 Å². The van der Waals surface area contributed by atoms with Crippen molar-refractivity contribution in [1.82, 2.24) is 10.6 Å². The van der Waals surface area contributed by atoms with E-state index in [2.05, 4.69) is 24.5 Å². The van der Waals surface area contributed by atoms with Gasteiger partial charge in [-0.1, -0.05) is 46.0 Å². The number of urea groups is 1. The van der Waals surface area contributed by atoms with Crippen molar-refractivity contribution in [2.45, 2.75) is 65.2 Å². The zero-order valence-electron chi connectivity index (χ0n) is 13.4. The average molecular weight is 298 g/mol. The number of carboxylic acids is 1. The normalized spacial score (nSPS) is 17.5. The molecule has 0 aromatic rings. The fraction of sp³-hybridized carbons (Fsp3) is 0.875. The molecule has 0 bridgehead atoms. The summed E-state index contributed by atoms with van der Waals surface area (Å²) < 4.78 is 0. The Labute approximate surface area is 127 Å². The lowest BCUT2D eigenvalue weighted by molar-refractivity contribution is -0.140. The highest BCUT2D eigenvalue weighted by Crippen LogP contribution is 2.38. The fourth-order valence-electron chi connectivity index (χ4n) is 3.18. The van der Waals surface area contributed by atoms with E-state index in [0.717, 1.165) is 38.5 Å². The molecular weight excluding hydrogens is 268 g/mol. The molecule has 1 aliphatic rings. The van der Waals surface area contributed by atoms with E-state index >= 15 is 0 Å². The Hall–Kier alpha value is -1.26. The Kier molecular flexibility index (Phi) is 7.54. The monoisotopic (exact) mass is 298 g/mol. The standard InChI is InChI=1S/C16H30N2O3/c1-3-13(4-2)11-17-15(21)18-12-16(10-14(19)20)8-6-5-7-9-16/h13H,3-12H2,1-2H3,(H,19,20)(H2,17,18,21). The van der Waals surface area contributed by atoms with Gasteiger partial charge < -0.3 is 15.7 Å². The van der Waals surface area contributed by atoms with Crippen molar-refractivity contribution >= 4 is 12.0 Å². The third-order valence-corrected chi connectivity index (χ3v) is 4.77. The van der Waals surface area contributed by atoms with E-state index in [1.165, 1.54) is 6.42 Å². The summed E-state index contributed by atoms with van der Waals surface area (Å²) >= 11 is 0. The van der Waals surface area contributed by atoms with E-state index in [9.17, 15) is 9.59 Å². The molecule has 0 unspecified atom stereocenters. The average Bonchev–Trinajstić information content (AvgIpc) is 2.46. The number of amides is 2. The summed E-state index contributed by atoms with van der Waals surface area (Å²) in [5.41, 5.74) is -0.254. The smallest absolute Gasteiger partial charge is 0.314 e. The van der Waals surface area contributed by atoms with Crippen molar-refractivity contribution in [3.63, 3.8) is 0 Å². The van der Waals surface area contributed by atoms with E-state index in [1.54, 1.807) is 0 Å². The third-order valence-electron chi connectivity index (χ3n) is 4.77. The van der Waals surface area contributed by atoms with Crippen LogP contribution in [0.15, 0.2) is 0 Å². The molecule has 0 atom stereocenters. The van der Waals surface area contributed by atoms with Crippen molar-refractivity contribution in [3.05, 3.63) is 0 Å². The third kappa shape index (κ3) is 6.36. The highest BCUT2D eigenvalue weighted by atomic mass is 16.4. The highest BCUT2D eigenvalue weighted by molar-refractivity contribution is 5.74. The molecule has 0 aromatic heterocycles. The van der Waals surface area contributed by atoms with Crippen molar-refractivity contribution in [1.29, 1.82) is 0 Å². The molecule has 5 nitrogen and oxygen atoms in total. The number of carboxylic acid groups (broad SMARTS) is 1. The van der Waals surface area contributed by atoms with Gasteiger partial charge in [0, 0.05) is 13.1 Å². The van der Waals surface area contributed by atoms with Gasteiger partial charge in [0.2, 0.25) is 0 Å². The lowest BCUT2D eigenvalue weighted by Gasteiger charge is -2.36. The first kappa shape index (κ1) is 17.8. The summed E-state index contributed by atoms with van der Waals surface area (Å²) in [6.07, 6.45) is 7.34. The van der Waals surface area contributed by atoms with Gasteiger partial charge in [-0.05, 0) is 24.2 Å². The van der Waals surface area contributed by atoms with Gasteiger partial charge in [0.15, 0.2) is 0 Å². The second-order valence-corrected chi connectivity index (χ2v) is 6.38. The summed E-state index contributed by atoms with van der Waals surface area (Å²) in [5.74, 6) is -0.255. The number of carbonyl (C=O) groups is 2. The van der Waals surface area contributed by atoms with Gasteiger partial charge in [-0.2, -0.15) is 0 Å². The van der Waals surface area contributed by atoms with Crippen LogP contribution in [0.4, 0.5) is 4.79 Å². The van der Waals surface area contributed by atoms with Crippen LogP contribution in [-0.4, -0.2) is 30.2 Å². The first-order chi connectivity index (χ1) is 10.0. The molecule has 0 heterocycles. The van der Waals surface area contributed by atoms with Gasteiger partial charge in [-0.15, -0.1) is 0 Å². The largest absolute Gasteiger partial charge is 0.481 e. The van der Waals surface area contributed by atoms with Crippen LogP contribution in [0.5, 0.6) is 0 Å². The van der Waals surface area contributed by atoms with Gasteiger partial charge >= 0.3 is 12.0 Å². The number of nitrogens with one attached hydrogen (secondary N) is 2. The minimum Gasteiger partial charge on any atom is -0.481 e. The highest BCUT2D eigenvalue weighted by Gasteiger charge is 2.34. The van der Waals surface area contributed by atoms with Gasteiger partial charge in [0.05, 0.1) is 6.42 Å². The maximum atomic E-state index is 11.9. The number of carbonyl (C=O) groups excluding carboxylic acids is 1. The second kappa shape index (κ2) is 8.90. The number of hydrogen-bond acceptors (Lipinski definition) is 2. The van der Waals surface area contributed by atoms with Crippen LogP contribution in [0, 0.1) is 11.3 Å². The van der Waals surface area contributed by atoms with Crippen LogP contribution in [0.3, 0.4) is 0 Å². The van der Waals surface area contributed by atoms with E-state index in [1.807, 2.05) is 0 Å². The topological polar surface area (TPSA) is 78.4 Å². The lowest BCUT2D eigenvalue weighted by atomic mass is 9.72. The van der Waals surface area contributed by atoms with Crippen molar-refractivity contribution < 1.29 is 14.7 Å². The first-order valence-electron chi connectivity index (χ1n) is 8.25. The maximum Gasteiger partial charge on any atom is 0.314 e. The molecule has 5 heteroatoms. The van der Waals surface area contributed by atoms with Crippen LogP contribution in [0.2, 0.25) is 0 Å². The van der Waals surface area contributed by atoms with E-state index in [0.29, 0.717) is 19.0 Å². The molecule has 0 spiro atoms. The van der Waals surface area contributed by atoms with Crippen LogP contribution in [-0.2, 0) is 4.79 Å². The fourth-order valence-corrected chi connectivity index (χ4v) is 3.18. The molecular formula is C16H30N2O3. The molecule has 0 aromatic carbocycles. The van der Waals surface area contributed by atoms with Crippen molar-refractivity contribution in [3.8, 4) is 0 Å². The Bertz CT molecular complexity index is 334. The minimum atomic E-state index is -0.767. The SMILES string of the molecule is CCC(CC)CNC(=O)NCC1(CC(=O)O)CCCCC1. The predicted molar refractivity (Wildman–Crippen MR) is 83.2 cm³/mol.